The molecule has 0 saturated carbocycles. The molecule has 0 aliphatic carbocycles. The second kappa shape index (κ2) is 17.2. The number of H-pyrrole nitrogens is 1. The summed E-state index contributed by atoms with van der Waals surface area (Å²) in [6, 6.07) is 8.42. The molecule has 5 atom stereocenters. The SMILES string of the molecule is NC(=O)[C@H](Cc1c[nH]c2ccccc12)NC(=O)CNC(=O)[C@H](CCCN=C(N)N)NC(=O)[C@H]1C[C@H](O)CN1C(=O)[C@@H](N)Cc1ccc(F)cc1. The van der Waals surface area contributed by atoms with Crippen LogP contribution in [0.2, 0.25) is 0 Å². The van der Waals surface area contributed by atoms with Crippen molar-refractivity contribution in [3.05, 3.63) is 71.7 Å². The fourth-order valence-corrected chi connectivity index (χ4v) is 5.80. The molecule has 1 aliphatic rings. The van der Waals surface area contributed by atoms with Gasteiger partial charge in [-0.25, -0.2) is 4.39 Å². The molecule has 3 aromatic rings. The summed E-state index contributed by atoms with van der Waals surface area (Å²) >= 11 is 0. The van der Waals surface area contributed by atoms with Gasteiger partial charge in [0.05, 0.1) is 18.7 Å². The van der Waals surface area contributed by atoms with Crippen molar-refractivity contribution < 1.29 is 33.5 Å². The molecular formula is C33H43FN10O6. The summed E-state index contributed by atoms with van der Waals surface area (Å²) in [6.45, 7) is -0.557. The first-order valence-corrected chi connectivity index (χ1v) is 16.1. The molecule has 2 aromatic carbocycles. The maximum atomic E-state index is 13.5. The third-order valence-electron chi connectivity index (χ3n) is 8.33. The molecular weight excluding hydrogens is 651 g/mol. The second-order valence-corrected chi connectivity index (χ2v) is 12.1. The number of carbonyl (C=O) groups is 5. The highest BCUT2D eigenvalue weighted by atomic mass is 19.1. The summed E-state index contributed by atoms with van der Waals surface area (Å²) in [5.74, 6) is -4.12. The number of likely N-dealkylation sites (tertiary alicyclic amines) is 1. The Balaban J connectivity index is 1.38. The first kappa shape index (κ1) is 37.3. The molecule has 1 fully saturated rings. The fraction of sp³-hybridized carbons (Fsp3) is 0.394. The molecule has 0 spiro atoms. The average molecular weight is 695 g/mol. The number of para-hydroxylation sites is 1. The number of benzene rings is 2. The number of amides is 5. The van der Waals surface area contributed by atoms with E-state index in [1.807, 2.05) is 24.3 Å². The number of nitrogens with one attached hydrogen (secondary N) is 4. The number of fused-ring (bicyclic) bond motifs is 1. The van der Waals surface area contributed by atoms with Crippen LogP contribution >= 0.6 is 0 Å². The lowest BCUT2D eigenvalue weighted by Crippen LogP contribution is -2.56. The smallest absolute Gasteiger partial charge is 0.243 e. The number of nitrogens with two attached hydrogens (primary N) is 4. The number of nitrogens with zero attached hydrogens (tertiary/aromatic N) is 2. The number of β-amino-alcohol motifs (C(OH)–C–C–N with tert-alkyl or cyclic N) is 1. The molecule has 1 saturated heterocycles. The predicted octanol–water partition coefficient (Wildman–Crippen LogP) is -1.99. The first-order chi connectivity index (χ1) is 23.8. The lowest BCUT2D eigenvalue weighted by molar-refractivity contribution is -0.140. The zero-order chi connectivity index (χ0) is 36.4. The fourth-order valence-electron chi connectivity index (χ4n) is 5.80. The topological polar surface area (TPSA) is 277 Å². The number of carbonyl (C=O) groups excluding carboxylic acids is 5. The molecule has 268 valence electrons. The van der Waals surface area contributed by atoms with Gasteiger partial charge in [-0.05, 0) is 48.6 Å². The van der Waals surface area contributed by atoms with Gasteiger partial charge in [-0.2, -0.15) is 0 Å². The van der Waals surface area contributed by atoms with Gasteiger partial charge < -0.3 is 53.9 Å². The predicted molar refractivity (Wildman–Crippen MR) is 182 cm³/mol. The van der Waals surface area contributed by atoms with Crippen LogP contribution in [0.5, 0.6) is 0 Å². The van der Waals surface area contributed by atoms with Crippen molar-refractivity contribution in [3.8, 4) is 0 Å². The van der Waals surface area contributed by atoms with E-state index in [-0.39, 0.29) is 51.2 Å². The molecule has 0 unspecified atom stereocenters. The molecule has 50 heavy (non-hydrogen) atoms. The summed E-state index contributed by atoms with van der Waals surface area (Å²) in [5.41, 5.74) is 24.7. The number of aliphatic hydroxyl groups is 1. The quantitative estimate of drug-likeness (QED) is 0.0455. The summed E-state index contributed by atoms with van der Waals surface area (Å²) < 4.78 is 13.3. The van der Waals surface area contributed by atoms with Gasteiger partial charge in [-0.1, -0.05) is 30.3 Å². The number of hydrogen-bond acceptors (Lipinski definition) is 8. The third kappa shape index (κ3) is 10.2. The van der Waals surface area contributed by atoms with Crippen LogP contribution in [0.1, 0.15) is 30.4 Å². The van der Waals surface area contributed by atoms with Crippen LogP contribution in [0, 0.1) is 5.82 Å². The monoisotopic (exact) mass is 694 g/mol. The van der Waals surface area contributed by atoms with Gasteiger partial charge in [0.25, 0.3) is 0 Å². The van der Waals surface area contributed by atoms with Gasteiger partial charge >= 0.3 is 0 Å². The standard InChI is InChI=1S/C33H43FN10O6/c34-20-9-7-18(8-10-20)12-23(35)32(50)44-17-21(45)14-27(44)31(49)43-25(6-3-11-39-33(37)38)30(48)41-16-28(46)42-26(29(36)47)13-19-15-40-24-5-2-1-4-22(19)24/h1-2,4-5,7-10,15,21,23,25-27,40,45H,3,6,11-14,16-17,35H2,(H2,36,47)(H,41,48)(H,42,46)(H,43,49)(H4,37,38,39)/t21-,23-,25-,26-,27+/m0/s1. The highest BCUT2D eigenvalue weighted by molar-refractivity contribution is 5.95. The van der Waals surface area contributed by atoms with Crippen LogP contribution in [0.3, 0.4) is 0 Å². The summed E-state index contributed by atoms with van der Waals surface area (Å²) in [7, 11) is 0. The molecule has 0 radical (unpaired) electrons. The summed E-state index contributed by atoms with van der Waals surface area (Å²) in [4.78, 5) is 73.3. The van der Waals surface area contributed by atoms with Crippen molar-refractivity contribution in [1.82, 2.24) is 25.8 Å². The van der Waals surface area contributed by atoms with E-state index in [9.17, 15) is 33.5 Å². The number of aromatic amines is 1. The maximum Gasteiger partial charge on any atom is 0.243 e. The Bertz CT molecular complexity index is 1710. The van der Waals surface area contributed by atoms with E-state index >= 15 is 0 Å². The van der Waals surface area contributed by atoms with E-state index in [4.69, 9.17) is 22.9 Å². The summed E-state index contributed by atoms with van der Waals surface area (Å²) in [5, 5.41) is 18.9. The lowest BCUT2D eigenvalue weighted by atomic mass is 10.0. The Morgan fingerprint density at radius 2 is 1.72 bits per heavy atom. The molecule has 2 heterocycles. The number of aromatic nitrogens is 1. The normalized spacial score (nSPS) is 17.4. The van der Waals surface area contributed by atoms with E-state index in [0.717, 1.165) is 21.4 Å². The molecule has 17 heteroatoms. The molecule has 13 N–H and O–H groups in total. The Hall–Kier alpha value is -5.55. The first-order valence-electron chi connectivity index (χ1n) is 16.1. The van der Waals surface area contributed by atoms with E-state index < -0.39 is 72.2 Å². The van der Waals surface area contributed by atoms with Crippen molar-refractivity contribution in [2.24, 2.45) is 27.9 Å². The minimum Gasteiger partial charge on any atom is -0.391 e. The number of rotatable bonds is 16. The zero-order valence-electron chi connectivity index (χ0n) is 27.3. The van der Waals surface area contributed by atoms with Gasteiger partial charge in [-0.15, -0.1) is 0 Å². The molecule has 0 bridgehead atoms. The molecule has 5 amide bonds. The maximum absolute atomic E-state index is 13.5. The average Bonchev–Trinajstić information content (AvgIpc) is 3.68. The van der Waals surface area contributed by atoms with Crippen molar-refractivity contribution in [2.45, 2.75) is 62.4 Å². The van der Waals surface area contributed by atoms with Crippen molar-refractivity contribution in [1.29, 1.82) is 0 Å². The minimum absolute atomic E-state index is 0.0494. The second-order valence-electron chi connectivity index (χ2n) is 12.1. The number of primary amides is 1. The van der Waals surface area contributed by atoms with Gasteiger partial charge in [0.15, 0.2) is 5.96 Å². The van der Waals surface area contributed by atoms with Crippen LogP contribution in [-0.2, 0) is 36.8 Å². The van der Waals surface area contributed by atoms with Crippen LogP contribution in [0.4, 0.5) is 4.39 Å². The summed E-state index contributed by atoms with van der Waals surface area (Å²) in [6.07, 6.45) is 1.09. The van der Waals surface area contributed by atoms with E-state index in [0.29, 0.717) is 5.56 Å². The van der Waals surface area contributed by atoms with Crippen LogP contribution < -0.4 is 38.9 Å². The van der Waals surface area contributed by atoms with Crippen molar-refractivity contribution in [2.75, 3.05) is 19.6 Å². The lowest BCUT2D eigenvalue weighted by Gasteiger charge is -2.28. The third-order valence-corrected chi connectivity index (χ3v) is 8.33. The van der Waals surface area contributed by atoms with Gasteiger partial charge in [-0.3, -0.25) is 29.0 Å². The Morgan fingerprint density at radius 3 is 2.42 bits per heavy atom. The van der Waals surface area contributed by atoms with Gasteiger partial charge in [0.2, 0.25) is 29.5 Å². The largest absolute Gasteiger partial charge is 0.391 e. The van der Waals surface area contributed by atoms with Gasteiger partial charge in [0.1, 0.15) is 23.9 Å². The van der Waals surface area contributed by atoms with Crippen LogP contribution in [-0.4, -0.2) is 100 Å². The van der Waals surface area contributed by atoms with E-state index in [1.165, 1.54) is 24.3 Å². The number of aliphatic hydroxyl groups excluding tert-OH is 1. The zero-order valence-corrected chi connectivity index (χ0v) is 27.3. The molecule has 4 rings (SSSR count). The van der Waals surface area contributed by atoms with Gasteiger partial charge in [0, 0.05) is 43.0 Å². The Morgan fingerprint density at radius 1 is 1.00 bits per heavy atom. The van der Waals surface area contributed by atoms with E-state index in [2.05, 4.69) is 25.9 Å². The number of halogens is 1. The van der Waals surface area contributed by atoms with Crippen molar-refractivity contribution >= 4 is 46.4 Å². The minimum atomic E-state index is -1.19. The highest BCUT2D eigenvalue weighted by Crippen LogP contribution is 2.21. The number of hydrogen-bond donors (Lipinski definition) is 9. The molecule has 16 nitrogen and oxygen atoms in total. The van der Waals surface area contributed by atoms with Crippen LogP contribution in [0.25, 0.3) is 10.9 Å². The highest BCUT2D eigenvalue weighted by Gasteiger charge is 2.41. The molecule has 1 aliphatic heterocycles. The Labute approximate surface area is 287 Å². The Kier molecular flexibility index (Phi) is 12.8. The van der Waals surface area contributed by atoms with Crippen molar-refractivity contribution in [3.63, 3.8) is 0 Å². The number of guanidine groups is 1. The number of aliphatic imine (C=N–C) groups is 1. The van der Waals surface area contributed by atoms with Crippen LogP contribution in [0.15, 0.2) is 59.7 Å². The van der Waals surface area contributed by atoms with E-state index in [1.54, 1.807) is 6.20 Å². The molecule has 1 aromatic heterocycles.